The maximum atomic E-state index is 5.83. The molecule has 3 nitrogen and oxygen atoms in total. The molecule has 4 unspecified atom stereocenters. The summed E-state index contributed by atoms with van der Waals surface area (Å²) in [6.45, 7) is 7.22. The summed E-state index contributed by atoms with van der Waals surface area (Å²) in [7, 11) is 0. The molecule has 0 radical (unpaired) electrons. The predicted molar refractivity (Wildman–Crippen MR) is 66.3 cm³/mol. The van der Waals surface area contributed by atoms with Crippen LogP contribution in [0.1, 0.15) is 32.6 Å². The lowest BCUT2D eigenvalue weighted by atomic mass is 10.0. The minimum atomic E-state index is 0.755. The lowest BCUT2D eigenvalue weighted by molar-refractivity contribution is 0.151. The van der Waals surface area contributed by atoms with Gasteiger partial charge in [-0.2, -0.15) is 0 Å². The van der Waals surface area contributed by atoms with E-state index in [1.165, 1.54) is 45.3 Å². The van der Waals surface area contributed by atoms with Crippen molar-refractivity contribution in [2.24, 2.45) is 11.7 Å². The normalized spacial score (nSPS) is 45.4. The third-order valence-corrected chi connectivity index (χ3v) is 5.04. The fourth-order valence-electron chi connectivity index (χ4n) is 4.25. The molecule has 3 rings (SSSR count). The molecule has 4 atom stereocenters. The summed E-state index contributed by atoms with van der Waals surface area (Å²) in [6, 6.07) is 2.48. The third-order valence-electron chi connectivity index (χ3n) is 5.04. The number of fused-ring (bicyclic) bond motifs is 1. The number of likely N-dealkylation sites (tertiary alicyclic amines) is 1. The predicted octanol–water partition coefficient (Wildman–Crippen LogP) is 0.892. The maximum absolute atomic E-state index is 5.83. The SMILES string of the molecule is CC1CC(CN)CN1C1CCN2CCCC12. The van der Waals surface area contributed by atoms with E-state index in [9.17, 15) is 0 Å². The van der Waals surface area contributed by atoms with Crippen LogP contribution in [-0.2, 0) is 0 Å². The van der Waals surface area contributed by atoms with Gasteiger partial charge in [0.15, 0.2) is 0 Å². The summed E-state index contributed by atoms with van der Waals surface area (Å²) in [5.74, 6) is 0.755. The van der Waals surface area contributed by atoms with Crippen LogP contribution in [0.2, 0.25) is 0 Å². The Balaban J connectivity index is 1.69. The Labute approximate surface area is 99.0 Å². The number of hydrogen-bond donors (Lipinski definition) is 1. The second-order valence-corrected chi connectivity index (χ2v) is 5.98. The zero-order chi connectivity index (χ0) is 11.1. The second-order valence-electron chi connectivity index (χ2n) is 5.98. The van der Waals surface area contributed by atoms with Gasteiger partial charge >= 0.3 is 0 Å². The van der Waals surface area contributed by atoms with E-state index in [1.54, 1.807) is 0 Å². The van der Waals surface area contributed by atoms with Crippen molar-refractivity contribution >= 4 is 0 Å². The van der Waals surface area contributed by atoms with Gasteiger partial charge in [0.05, 0.1) is 0 Å². The highest BCUT2D eigenvalue weighted by atomic mass is 15.3. The Hall–Kier alpha value is -0.120. The molecule has 16 heavy (non-hydrogen) atoms. The van der Waals surface area contributed by atoms with E-state index >= 15 is 0 Å². The van der Waals surface area contributed by atoms with Crippen LogP contribution in [-0.4, -0.2) is 54.1 Å². The van der Waals surface area contributed by atoms with Crippen LogP contribution in [0.4, 0.5) is 0 Å². The number of rotatable bonds is 2. The molecule has 0 aromatic heterocycles. The van der Waals surface area contributed by atoms with E-state index in [0.717, 1.165) is 30.6 Å². The molecular weight excluding hydrogens is 198 g/mol. The average molecular weight is 223 g/mol. The van der Waals surface area contributed by atoms with E-state index in [2.05, 4.69) is 16.7 Å². The topological polar surface area (TPSA) is 32.5 Å². The highest BCUT2D eigenvalue weighted by Crippen LogP contribution is 2.35. The lowest BCUT2D eigenvalue weighted by Crippen LogP contribution is -2.44. The van der Waals surface area contributed by atoms with Crippen LogP contribution in [0, 0.1) is 5.92 Å². The molecule has 0 aromatic rings. The monoisotopic (exact) mass is 223 g/mol. The summed E-state index contributed by atoms with van der Waals surface area (Å²) in [5, 5.41) is 0. The Morgan fingerprint density at radius 3 is 2.81 bits per heavy atom. The van der Waals surface area contributed by atoms with Crippen molar-refractivity contribution in [1.29, 1.82) is 0 Å². The van der Waals surface area contributed by atoms with E-state index in [0.29, 0.717) is 0 Å². The van der Waals surface area contributed by atoms with Gasteiger partial charge in [-0.05, 0) is 51.6 Å². The molecule has 3 saturated heterocycles. The molecule has 0 spiro atoms. The van der Waals surface area contributed by atoms with Gasteiger partial charge in [-0.25, -0.2) is 0 Å². The molecule has 0 saturated carbocycles. The Bertz CT molecular complexity index is 256. The molecular formula is C13H25N3. The first-order valence-electron chi connectivity index (χ1n) is 6.99. The fourth-order valence-corrected chi connectivity index (χ4v) is 4.25. The van der Waals surface area contributed by atoms with Crippen molar-refractivity contribution in [2.45, 2.75) is 50.7 Å². The Morgan fingerprint density at radius 1 is 1.19 bits per heavy atom. The van der Waals surface area contributed by atoms with Crippen molar-refractivity contribution in [3.05, 3.63) is 0 Å². The largest absolute Gasteiger partial charge is 0.330 e. The number of hydrogen-bond acceptors (Lipinski definition) is 3. The summed E-state index contributed by atoms with van der Waals surface area (Å²) >= 11 is 0. The van der Waals surface area contributed by atoms with Crippen molar-refractivity contribution in [2.75, 3.05) is 26.2 Å². The van der Waals surface area contributed by atoms with Crippen LogP contribution in [0.5, 0.6) is 0 Å². The first-order valence-corrected chi connectivity index (χ1v) is 6.99. The minimum Gasteiger partial charge on any atom is -0.330 e. The molecule has 0 amide bonds. The number of nitrogens with zero attached hydrogens (tertiary/aromatic N) is 2. The first kappa shape index (κ1) is 11.0. The summed E-state index contributed by atoms with van der Waals surface area (Å²) < 4.78 is 0. The molecule has 3 aliphatic heterocycles. The Kier molecular flexibility index (Phi) is 2.94. The van der Waals surface area contributed by atoms with Crippen molar-refractivity contribution < 1.29 is 0 Å². The zero-order valence-electron chi connectivity index (χ0n) is 10.4. The van der Waals surface area contributed by atoms with Crippen molar-refractivity contribution in [1.82, 2.24) is 9.80 Å². The Morgan fingerprint density at radius 2 is 2.06 bits per heavy atom. The minimum absolute atomic E-state index is 0.755. The standard InChI is InChI=1S/C13H25N3/c1-10-7-11(8-14)9-16(10)13-4-6-15-5-2-3-12(13)15/h10-13H,2-9,14H2,1H3. The van der Waals surface area contributed by atoms with Gasteiger partial charge in [-0.1, -0.05) is 0 Å². The van der Waals surface area contributed by atoms with Crippen molar-refractivity contribution in [3.63, 3.8) is 0 Å². The molecule has 3 aliphatic rings. The highest BCUT2D eigenvalue weighted by Gasteiger charge is 2.43. The van der Waals surface area contributed by atoms with Gasteiger partial charge in [0, 0.05) is 31.2 Å². The third kappa shape index (κ3) is 1.69. The van der Waals surface area contributed by atoms with Gasteiger partial charge in [-0.3, -0.25) is 9.80 Å². The van der Waals surface area contributed by atoms with Gasteiger partial charge in [0.1, 0.15) is 0 Å². The smallest absolute Gasteiger partial charge is 0.0266 e. The molecule has 3 heterocycles. The highest BCUT2D eigenvalue weighted by molar-refractivity contribution is 5.00. The maximum Gasteiger partial charge on any atom is 0.0266 e. The fraction of sp³-hybridized carbons (Fsp3) is 1.00. The van der Waals surface area contributed by atoms with E-state index in [4.69, 9.17) is 5.73 Å². The van der Waals surface area contributed by atoms with Crippen molar-refractivity contribution in [3.8, 4) is 0 Å². The summed E-state index contributed by atoms with van der Waals surface area (Å²) in [5.41, 5.74) is 5.83. The van der Waals surface area contributed by atoms with Gasteiger partial charge in [0.2, 0.25) is 0 Å². The van der Waals surface area contributed by atoms with Gasteiger partial charge < -0.3 is 5.73 Å². The quantitative estimate of drug-likeness (QED) is 0.755. The molecule has 0 aliphatic carbocycles. The molecule has 2 N–H and O–H groups in total. The molecule has 3 fully saturated rings. The molecule has 92 valence electrons. The van der Waals surface area contributed by atoms with E-state index in [1.807, 2.05) is 0 Å². The van der Waals surface area contributed by atoms with Crippen LogP contribution in [0.3, 0.4) is 0 Å². The summed E-state index contributed by atoms with van der Waals surface area (Å²) in [4.78, 5) is 5.49. The van der Waals surface area contributed by atoms with Crippen LogP contribution < -0.4 is 5.73 Å². The lowest BCUT2D eigenvalue weighted by Gasteiger charge is -2.32. The van der Waals surface area contributed by atoms with Crippen LogP contribution in [0.15, 0.2) is 0 Å². The molecule has 0 bridgehead atoms. The second kappa shape index (κ2) is 4.28. The van der Waals surface area contributed by atoms with E-state index in [-0.39, 0.29) is 0 Å². The van der Waals surface area contributed by atoms with E-state index < -0.39 is 0 Å². The van der Waals surface area contributed by atoms with Gasteiger partial charge in [0.25, 0.3) is 0 Å². The average Bonchev–Trinajstić information content (AvgIpc) is 2.91. The molecule has 0 aromatic carbocycles. The number of nitrogens with two attached hydrogens (primary N) is 1. The zero-order valence-corrected chi connectivity index (χ0v) is 10.4. The first-order chi connectivity index (χ1) is 7.79. The molecule has 3 heteroatoms. The van der Waals surface area contributed by atoms with Crippen LogP contribution in [0.25, 0.3) is 0 Å². The van der Waals surface area contributed by atoms with Crippen LogP contribution >= 0.6 is 0 Å². The summed E-state index contributed by atoms with van der Waals surface area (Å²) in [6.07, 6.45) is 5.57. The van der Waals surface area contributed by atoms with Gasteiger partial charge in [-0.15, -0.1) is 0 Å².